The van der Waals surface area contributed by atoms with Crippen LogP contribution in [0.25, 0.3) is 22.3 Å². The maximum Gasteiger partial charge on any atom is 0.231 e. The molecule has 0 aliphatic carbocycles. The molecule has 4 aromatic rings. The van der Waals surface area contributed by atoms with Crippen molar-refractivity contribution in [2.45, 2.75) is 12.3 Å². The normalized spacial score (nSPS) is 15.4. The second-order valence-corrected chi connectivity index (χ2v) is 9.37. The van der Waals surface area contributed by atoms with Gasteiger partial charge in [0, 0.05) is 42.6 Å². The molecule has 1 amide bonds. The van der Waals surface area contributed by atoms with Crippen molar-refractivity contribution in [1.82, 2.24) is 4.90 Å². The number of rotatable bonds is 5. The molecule has 200 valence electrons. The topological polar surface area (TPSA) is 139 Å². The molecule has 0 bridgehead atoms. The SMILES string of the molecule is O=C(CC(c1ccc2c(c1)OCO2)c1c(O)c(O)c(O)c2c(=O)cc(-c3ccccc3)oc12)N1CCOCC1. The van der Waals surface area contributed by atoms with Gasteiger partial charge in [-0.2, -0.15) is 0 Å². The number of nitrogens with zero attached hydrogens (tertiary/aromatic N) is 1. The van der Waals surface area contributed by atoms with Crippen LogP contribution in [0.1, 0.15) is 23.5 Å². The molecule has 1 saturated heterocycles. The van der Waals surface area contributed by atoms with E-state index < -0.39 is 28.6 Å². The largest absolute Gasteiger partial charge is 0.504 e. The van der Waals surface area contributed by atoms with Crippen molar-refractivity contribution in [3.8, 4) is 40.1 Å². The average Bonchev–Trinajstić information content (AvgIpc) is 3.44. The highest BCUT2D eigenvalue weighted by molar-refractivity contribution is 5.94. The quantitative estimate of drug-likeness (QED) is 0.329. The first-order valence-electron chi connectivity index (χ1n) is 12.5. The fraction of sp³-hybridized carbons (Fsp3) is 0.241. The molecule has 6 rings (SSSR count). The Bertz CT molecular complexity index is 1620. The van der Waals surface area contributed by atoms with Crippen LogP contribution >= 0.6 is 0 Å². The third-order valence-corrected chi connectivity index (χ3v) is 7.08. The van der Waals surface area contributed by atoms with Gasteiger partial charge in [0.25, 0.3) is 0 Å². The number of hydrogen-bond donors (Lipinski definition) is 3. The molecule has 2 aliphatic rings. The van der Waals surface area contributed by atoms with Crippen LogP contribution in [0.4, 0.5) is 0 Å². The lowest BCUT2D eigenvalue weighted by atomic mass is 9.85. The number of amides is 1. The standard InChI is InChI=1S/C29H25NO9/c31-19-14-21(16-4-2-1-3-5-16)39-29-24(26(33)28(35)27(34)25(19)29)18(13-23(32)30-8-10-36-11-9-30)17-6-7-20-22(12-17)38-15-37-20/h1-7,12,14,18,33-35H,8-11,13,15H2. The molecule has 3 heterocycles. The van der Waals surface area contributed by atoms with Gasteiger partial charge in [-0.25, -0.2) is 0 Å². The summed E-state index contributed by atoms with van der Waals surface area (Å²) < 4.78 is 22.5. The number of carbonyl (C=O) groups is 1. The molecule has 3 N–H and O–H groups in total. The highest BCUT2D eigenvalue weighted by atomic mass is 16.7. The molecule has 3 aromatic carbocycles. The number of morpholine rings is 1. The number of phenolic OH excluding ortho intramolecular Hbond substituents is 3. The molecule has 39 heavy (non-hydrogen) atoms. The number of ether oxygens (including phenoxy) is 3. The Morgan fingerprint density at radius 2 is 1.64 bits per heavy atom. The van der Waals surface area contributed by atoms with E-state index in [1.807, 2.05) is 6.07 Å². The lowest BCUT2D eigenvalue weighted by molar-refractivity contribution is -0.135. The number of phenols is 3. The highest BCUT2D eigenvalue weighted by Gasteiger charge is 2.33. The van der Waals surface area contributed by atoms with Crippen LogP contribution < -0.4 is 14.9 Å². The number of aromatic hydroxyl groups is 3. The second kappa shape index (κ2) is 9.88. The Morgan fingerprint density at radius 3 is 2.41 bits per heavy atom. The first-order valence-corrected chi connectivity index (χ1v) is 12.5. The molecular formula is C29H25NO9. The highest BCUT2D eigenvalue weighted by Crippen LogP contribution is 2.50. The Labute approximate surface area is 222 Å². The lowest BCUT2D eigenvalue weighted by Gasteiger charge is -2.29. The van der Waals surface area contributed by atoms with Gasteiger partial charge in [0.15, 0.2) is 28.4 Å². The average molecular weight is 532 g/mol. The van der Waals surface area contributed by atoms with Crippen LogP contribution in [0.5, 0.6) is 28.7 Å². The zero-order valence-corrected chi connectivity index (χ0v) is 20.8. The van der Waals surface area contributed by atoms with Crippen LogP contribution in [-0.4, -0.2) is 59.2 Å². The summed E-state index contributed by atoms with van der Waals surface area (Å²) in [6.07, 6.45) is -0.133. The summed E-state index contributed by atoms with van der Waals surface area (Å²) in [5.41, 5.74) is 0.393. The number of hydrogen-bond acceptors (Lipinski definition) is 9. The van der Waals surface area contributed by atoms with E-state index in [1.165, 1.54) is 6.07 Å². The van der Waals surface area contributed by atoms with E-state index in [1.54, 1.807) is 47.4 Å². The Balaban J connectivity index is 1.58. The van der Waals surface area contributed by atoms with Gasteiger partial charge in [-0.3, -0.25) is 9.59 Å². The van der Waals surface area contributed by atoms with Gasteiger partial charge < -0.3 is 38.8 Å². The van der Waals surface area contributed by atoms with E-state index in [0.717, 1.165) is 0 Å². The monoisotopic (exact) mass is 531 g/mol. The third kappa shape index (κ3) is 4.38. The lowest BCUT2D eigenvalue weighted by Crippen LogP contribution is -2.41. The Kier molecular flexibility index (Phi) is 6.24. The number of benzene rings is 3. The fourth-order valence-electron chi connectivity index (χ4n) is 5.07. The van der Waals surface area contributed by atoms with Crippen molar-refractivity contribution in [2.75, 3.05) is 33.1 Å². The second-order valence-electron chi connectivity index (χ2n) is 9.37. The van der Waals surface area contributed by atoms with Crippen LogP contribution in [0, 0.1) is 0 Å². The predicted octanol–water partition coefficient (Wildman–Crippen LogP) is 3.69. The van der Waals surface area contributed by atoms with Crippen LogP contribution in [0.3, 0.4) is 0 Å². The van der Waals surface area contributed by atoms with Crippen LogP contribution in [0.15, 0.2) is 63.8 Å². The maximum absolute atomic E-state index is 13.5. The molecule has 1 atom stereocenters. The van der Waals surface area contributed by atoms with Gasteiger partial charge in [0.2, 0.25) is 18.4 Å². The molecule has 10 heteroatoms. The molecule has 1 unspecified atom stereocenters. The van der Waals surface area contributed by atoms with Crippen molar-refractivity contribution in [2.24, 2.45) is 0 Å². The van der Waals surface area contributed by atoms with Crippen molar-refractivity contribution in [1.29, 1.82) is 0 Å². The van der Waals surface area contributed by atoms with Gasteiger partial charge in [-0.05, 0) is 17.7 Å². The van der Waals surface area contributed by atoms with E-state index in [2.05, 4.69) is 0 Å². The zero-order valence-electron chi connectivity index (χ0n) is 20.8. The van der Waals surface area contributed by atoms with E-state index >= 15 is 0 Å². The summed E-state index contributed by atoms with van der Waals surface area (Å²) in [5.74, 6) is -2.30. The van der Waals surface area contributed by atoms with Crippen molar-refractivity contribution in [3.63, 3.8) is 0 Å². The third-order valence-electron chi connectivity index (χ3n) is 7.08. The molecule has 0 spiro atoms. The minimum Gasteiger partial charge on any atom is -0.504 e. The zero-order chi connectivity index (χ0) is 27.1. The Hall–Kier alpha value is -4.70. The van der Waals surface area contributed by atoms with Crippen LogP contribution in [0.2, 0.25) is 0 Å². The fourth-order valence-corrected chi connectivity index (χ4v) is 5.07. The summed E-state index contributed by atoms with van der Waals surface area (Å²) in [7, 11) is 0. The van der Waals surface area contributed by atoms with Gasteiger partial charge in [-0.1, -0.05) is 36.4 Å². The van der Waals surface area contributed by atoms with E-state index in [9.17, 15) is 24.9 Å². The maximum atomic E-state index is 13.5. The summed E-state index contributed by atoms with van der Waals surface area (Å²) in [4.78, 5) is 28.4. The summed E-state index contributed by atoms with van der Waals surface area (Å²) >= 11 is 0. The van der Waals surface area contributed by atoms with Gasteiger partial charge >= 0.3 is 0 Å². The molecule has 1 aromatic heterocycles. The molecular weight excluding hydrogens is 506 g/mol. The Morgan fingerprint density at radius 1 is 0.897 bits per heavy atom. The number of fused-ring (bicyclic) bond motifs is 2. The minimum absolute atomic E-state index is 0.00402. The first-order chi connectivity index (χ1) is 18.9. The van der Waals surface area contributed by atoms with Crippen LogP contribution in [-0.2, 0) is 9.53 Å². The van der Waals surface area contributed by atoms with E-state index in [-0.39, 0.29) is 41.4 Å². The summed E-state index contributed by atoms with van der Waals surface area (Å²) in [5, 5.41) is 32.3. The van der Waals surface area contributed by atoms with Crippen molar-refractivity contribution in [3.05, 3.63) is 75.9 Å². The summed E-state index contributed by atoms with van der Waals surface area (Å²) in [6, 6.07) is 15.2. The summed E-state index contributed by atoms with van der Waals surface area (Å²) in [6.45, 7) is 1.68. The van der Waals surface area contributed by atoms with Crippen molar-refractivity contribution >= 4 is 16.9 Å². The van der Waals surface area contributed by atoms with Gasteiger partial charge in [0.1, 0.15) is 16.7 Å². The van der Waals surface area contributed by atoms with Gasteiger partial charge in [0.05, 0.1) is 13.2 Å². The predicted molar refractivity (Wildman–Crippen MR) is 139 cm³/mol. The smallest absolute Gasteiger partial charge is 0.231 e. The molecule has 0 saturated carbocycles. The molecule has 0 radical (unpaired) electrons. The first kappa shape index (κ1) is 24.6. The van der Waals surface area contributed by atoms with E-state index in [0.29, 0.717) is 48.9 Å². The van der Waals surface area contributed by atoms with Gasteiger partial charge in [-0.15, -0.1) is 0 Å². The number of carbonyl (C=O) groups excluding carboxylic acids is 1. The minimum atomic E-state index is -0.891. The van der Waals surface area contributed by atoms with E-state index in [4.69, 9.17) is 18.6 Å². The molecule has 2 aliphatic heterocycles. The van der Waals surface area contributed by atoms with Crippen molar-refractivity contribution < 1.29 is 38.7 Å². The molecule has 1 fully saturated rings. The molecule has 10 nitrogen and oxygen atoms in total.